The summed E-state index contributed by atoms with van der Waals surface area (Å²) < 4.78 is 5.43. The fraction of sp³-hybridized carbons (Fsp3) is 0.263. The Bertz CT molecular complexity index is 914. The molecule has 0 aliphatic heterocycles. The van der Waals surface area contributed by atoms with Gasteiger partial charge in [0.25, 0.3) is 0 Å². The van der Waals surface area contributed by atoms with Gasteiger partial charge in [-0.2, -0.15) is 5.10 Å². The van der Waals surface area contributed by atoms with Crippen molar-refractivity contribution < 1.29 is 9.21 Å². The van der Waals surface area contributed by atoms with Crippen molar-refractivity contribution in [1.82, 2.24) is 15.6 Å². The van der Waals surface area contributed by atoms with Crippen molar-refractivity contribution in [2.24, 2.45) is 11.0 Å². The number of hydrazone groups is 1. The zero-order chi connectivity index (χ0) is 19.4. The maximum absolute atomic E-state index is 12.1. The Kier molecular flexibility index (Phi) is 5.71. The molecule has 1 aliphatic rings. The highest BCUT2D eigenvalue weighted by atomic mass is 35.5. The standard InChI is InChI=1S/C19H20ClN5O2/c1-11(2)14-5-4-12(3)16(10-14)22-24-18(26)21-19-25-23-17(27-19)13-6-8-15(20)9-7-13/h4,6-9,14H,1,5,10H2,2-3H3,(H2,21,24,25,26)/b22-16+/t14-/m1/s1. The molecule has 1 atom stereocenters. The van der Waals surface area contributed by atoms with Crippen LogP contribution in [-0.4, -0.2) is 21.9 Å². The fourth-order valence-electron chi connectivity index (χ4n) is 2.65. The van der Waals surface area contributed by atoms with Crippen molar-refractivity contribution in [1.29, 1.82) is 0 Å². The van der Waals surface area contributed by atoms with Crippen LogP contribution in [0, 0.1) is 5.92 Å². The highest BCUT2D eigenvalue weighted by Crippen LogP contribution is 2.26. The first-order valence-corrected chi connectivity index (χ1v) is 8.85. The van der Waals surface area contributed by atoms with Gasteiger partial charge < -0.3 is 4.42 Å². The van der Waals surface area contributed by atoms with Crippen molar-refractivity contribution in [3.63, 3.8) is 0 Å². The normalized spacial score (nSPS) is 18.1. The summed E-state index contributed by atoms with van der Waals surface area (Å²) in [4.78, 5) is 12.1. The summed E-state index contributed by atoms with van der Waals surface area (Å²) in [6.07, 6.45) is 3.80. The third-order valence-electron chi connectivity index (χ3n) is 4.33. The maximum Gasteiger partial charge on any atom is 0.343 e. The zero-order valence-electron chi connectivity index (χ0n) is 15.1. The summed E-state index contributed by atoms with van der Waals surface area (Å²) in [6.45, 7) is 7.98. The van der Waals surface area contributed by atoms with Crippen LogP contribution in [0.3, 0.4) is 0 Å². The van der Waals surface area contributed by atoms with Gasteiger partial charge in [-0.05, 0) is 62.4 Å². The van der Waals surface area contributed by atoms with E-state index in [1.54, 1.807) is 24.3 Å². The maximum atomic E-state index is 12.1. The summed E-state index contributed by atoms with van der Waals surface area (Å²) in [5.41, 5.74) is 6.16. The first-order valence-electron chi connectivity index (χ1n) is 8.48. The van der Waals surface area contributed by atoms with Crippen LogP contribution in [0.5, 0.6) is 0 Å². The SMILES string of the molecule is C=C(C)[C@@H]1CC=C(C)/C(=N/NC(=O)Nc2nnc(-c3ccc(Cl)cc3)o2)C1. The van der Waals surface area contributed by atoms with Gasteiger partial charge in [-0.15, -0.1) is 5.10 Å². The second-order valence-corrected chi connectivity index (χ2v) is 6.85. The Morgan fingerprint density at radius 3 is 2.78 bits per heavy atom. The quantitative estimate of drug-likeness (QED) is 0.584. The van der Waals surface area contributed by atoms with Crippen molar-refractivity contribution in [2.75, 3.05) is 5.32 Å². The van der Waals surface area contributed by atoms with E-state index in [4.69, 9.17) is 16.0 Å². The number of benzene rings is 1. The van der Waals surface area contributed by atoms with Gasteiger partial charge in [0.15, 0.2) is 0 Å². The lowest BCUT2D eigenvalue weighted by Crippen LogP contribution is -2.27. The Balaban J connectivity index is 1.61. The van der Waals surface area contributed by atoms with Crippen LogP contribution < -0.4 is 10.7 Å². The Morgan fingerprint density at radius 2 is 2.07 bits per heavy atom. The molecule has 3 rings (SSSR count). The molecular weight excluding hydrogens is 366 g/mol. The molecule has 2 amide bonds. The number of nitrogens with zero attached hydrogens (tertiary/aromatic N) is 3. The van der Waals surface area contributed by atoms with Crippen molar-refractivity contribution in [3.05, 3.63) is 53.1 Å². The Hall–Kier alpha value is -2.93. The van der Waals surface area contributed by atoms with Crippen LogP contribution in [0.2, 0.25) is 5.02 Å². The van der Waals surface area contributed by atoms with Gasteiger partial charge in [-0.1, -0.05) is 34.9 Å². The average Bonchev–Trinajstić information content (AvgIpc) is 3.09. The summed E-state index contributed by atoms with van der Waals surface area (Å²) in [7, 11) is 0. The molecule has 0 saturated heterocycles. The third-order valence-corrected chi connectivity index (χ3v) is 4.58. The van der Waals surface area contributed by atoms with Crippen LogP contribution in [-0.2, 0) is 0 Å². The molecular formula is C19H20ClN5O2. The molecule has 140 valence electrons. The predicted molar refractivity (Wildman–Crippen MR) is 106 cm³/mol. The largest absolute Gasteiger partial charge is 0.403 e. The van der Waals surface area contributed by atoms with Gasteiger partial charge >= 0.3 is 12.0 Å². The number of nitrogens with one attached hydrogen (secondary N) is 2. The average molecular weight is 386 g/mol. The van der Waals surface area contributed by atoms with E-state index in [2.05, 4.69) is 38.7 Å². The molecule has 27 heavy (non-hydrogen) atoms. The minimum Gasteiger partial charge on any atom is -0.403 e. The number of hydrogen-bond donors (Lipinski definition) is 2. The van der Waals surface area contributed by atoms with Crippen LogP contribution in [0.25, 0.3) is 11.5 Å². The number of carbonyl (C=O) groups is 1. The van der Waals surface area contributed by atoms with E-state index in [9.17, 15) is 4.79 Å². The number of hydrogen-bond acceptors (Lipinski definition) is 5. The summed E-state index contributed by atoms with van der Waals surface area (Å²) in [6, 6.07) is 6.36. The Morgan fingerprint density at radius 1 is 1.33 bits per heavy atom. The van der Waals surface area contributed by atoms with Crippen molar-refractivity contribution in [3.8, 4) is 11.5 Å². The molecule has 0 spiro atoms. The number of rotatable bonds is 4. The lowest BCUT2D eigenvalue weighted by molar-refractivity contribution is 0.252. The minimum atomic E-state index is -0.556. The molecule has 0 unspecified atom stereocenters. The van der Waals surface area contributed by atoms with Crippen LogP contribution in [0.1, 0.15) is 26.7 Å². The molecule has 0 fully saturated rings. The number of anilines is 1. The number of urea groups is 1. The van der Waals surface area contributed by atoms with E-state index in [0.717, 1.165) is 29.7 Å². The van der Waals surface area contributed by atoms with Crippen LogP contribution in [0.15, 0.2) is 57.6 Å². The first kappa shape index (κ1) is 18.8. The van der Waals surface area contributed by atoms with E-state index in [0.29, 0.717) is 16.5 Å². The number of aromatic nitrogens is 2. The number of amides is 2. The van der Waals surface area contributed by atoms with Gasteiger partial charge in [-0.25, -0.2) is 10.2 Å². The van der Waals surface area contributed by atoms with Gasteiger partial charge in [0.1, 0.15) is 0 Å². The Labute approximate surface area is 162 Å². The molecule has 8 heteroatoms. The molecule has 1 aliphatic carbocycles. The van der Waals surface area contributed by atoms with E-state index in [1.165, 1.54) is 0 Å². The first-order chi connectivity index (χ1) is 12.9. The van der Waals surface area contributed by atoms with Gasteiger partial charge in [-0.3, -0.25) is 5.32 Å². The van der Waals surface area contributed by atoms with Crippen LogP contribution >= 0.6 is 11.6 Å². The zero-order valence-corrected chi connectivity index (χ0v) is 15.9. The smallest absolute Gasteiger partial charge is 0.343 e. The van der Waals surface area contributed by atoms with E-state index < -0.39 is 6.03 Å². The molecule has 0 radical (unpaired) electrons. The third kappa shape index (κ3) is 4.83. The summed E-state index contributed by atoms with van der Waals surface area (Å²) in [5.74, 6) is 0.624. The van der Waals surface area contributed by atoms with Crippen LogP contribution in [0.4, 0.5) is 10.8 Å². The summed E-state index contributed by atoms with van der Waals surface area (Å²) in [5, 5.41) is 15.0. The molecule has 0 bridgehead atoms. The number of carbonyl (C=O) groups excluding carboxylic acids is 1. The second-order valence-electron chi connectivity index (χ2n) is 6.41. The van der Waals surface area contributed by atoms with E-state index >= 15 is 0 Å². The predicted octanol–water partition coefficient (Wildman–Crippen LogP) is 4.80. The van der Waals surface area contributed by atoms with Crippen molar-refractivity contribution >= 4 is 29.4 Å². The number of halogens is 1. The second kappa shape index (κ2) is 8.18. The topological polar surface area (TPSA) is 92.4 Å². The summed E-state index contributed by atoms with van der Waals surface area (Å²) >= 11 is 5.86. The number of allylic oxidation sites excluding steroid dienone is 3. The molecule has 2 N–H and O–H groups in total. The lowest BCUT2D eigenvalue weighted by Gasteiger charge is -2.22. The van der Waals surface area contributed by atoms with Gasteiger partial charge in [0.2, 0.25) is 5.89 Å². The monoisotopic (exact) mass is 385 g/mol. The van der Waals surface area contributed by atoms with E-state index in [1.807, 2.05) is 13.8 Å². The molecule has 1 aromatic heterocycles. The lowest BCUT2D eigenvalue weighted by atomic mass is 9.85. The fourth-order valence-corrected chi connectivity index (χ4v) is 2.78. The van der Waals surface area contributed by atoms with E-state index in [-0.39, 0.29) is 11.9 Å². The highest BCUT2D eigenvalue weighted by molar-refractivity contribution is 6.30. The van der Waals surface area contributed by atoms with Gasteiger partial charge in [0, 0.05) is 10.6 Å². The molecule has 7 nitrogen and oxygen atoms in total. The molecule has 1 heterocycles. The van der Waals surface area contributed by atoms with Crippen molar-refractivity contribution in [2.45, 2.75) is 26.7 Å². The molecule has 2 aromatic rings. The highest BCUT2D eigenvalue weighted by Gasteiger charge is 2.19. The molecule has 1 aromatic carbocycles. The van der Waals surface area contributed by atoms with Gasteiger partial charge in [0.05, 0.1) is 5.71 Å². The molecule has 0 saturated carbocycles. The minimum absolute atomic E-state index is 0.0200.